The van der Waals surface area contributed by atoms with Crippen LogP contribution in [-0.4, -0.2) is 44.6 Å². The van der Waals surface area contributed by atoms with Crippen LogP contribution < -0.4 is 4.74 Å². The van der Waals surface area contributed by atoms with Gasteiger partial charge in [-0.3, -0.25) is 4.79 Å². The van der Waals surface area contributed by atoms with E-state index in [4.69, 9.17) is 8.92 Å². The summed E-state index contributed by atoms with van der Waals surface area (Å²) in [4.78, 5) is 11.9. The van der Waals surface area contributed by atoms with Crippen LogP contribution in [0.4, 0.5) is 13.2 Å². The zero-order valence-electron chi connectivity index (χ0n) is 18.1. The van der Waals surface area contributed by atoms with Crippen LogP contribution in [0.15, 0.2) is 24.3 Å². The van der Waals surface area contributed by atoms with Gasteiger partial charge < -0.3 is 8.92 Å². The molecule has 1 aromatic rings. The van der Waals surface area contributed by atoms with Crippen molar-refractivity contribution in [3.63, 3.8) is 0 Å². The number of nitrogens with zero attached hydrogens (tertiary/aromatic N) is 1. The van der Waals surface area contributed by atoms with Crippen LogP contribution in [0.25, 0.3) is 0 Å². The molecule has 0 saturated carbocycles. The first-order valence-corrected chi connectivity index (χ1v) is 11.6. The molecule has 0 N–H and O–H groups in total. The summed E-state index contributed by atoms with van der Waals surface area (Å²) >= 11 is 0. The lowest BCUT2D eigenvalue weighted by Gasteiger charge is -2.30. The van der Waals surface area contributed by atoms with Crippen molar-refractivity contribution >= 4 is 16.3 Å². The number of benzene rings is 1. The first kappa shape index (κ1) is 25.5. The van der Waals surface area contributed by atoms with E-state index in [0.29, 0.717) is 18.6 Å². The Labute approximate surface area is 182 Å². The van der Waals surface area contributed by atoms with Crippen molar-refractivity contribution in [2.45, 2.75) is 65.0 Å². The van der Waals surface area contributed by atoms with E-state index in [1.54, 1.807) is 12.1 Å². The average molecular weight is 466 g/mol. The number of carbonyl (C=O) groups excluding carboxylic acids is 1. The predicted octanol–water partition coefficient (Wildman–Crippen LogP) is 4.81. The molecule has 0 bridgehead atoms. The smallest absolute Gasteiger partial charge is 0.389 e. The number of piperidine rings is 1. The summed E-state index contributed by atoms with van der Waals surface area (Å²) in [5.74, 6) is -0.131. The first-order chi connectivity index (χ1) is 14.3. The molecular formula is C21H30F3NO5S. The fraction of sp³-hybridized carbons (Fsp3) is 0.667. The zero-order valence-corrected chi connectivity index (χ0v) is 18.9. The molecule has 0 amide bonds. The molecule has 2 rings (SSSR count). The Morgan fingerprint density at radius 3 is 2.19 bits per heavy atom. The maximum atomic E-state index is 12.4. The molecule has 6 nitrogen and oxygen atoms in total. The highest BCUT2D eigenvalue weighted by Crippen LogP contribution is 2.31. The van der Waals surface area contributed by atoms with Crippen LogP contribution in [0, 0.1) is 5.41 Å². The number of hydrogen-bond donors (Lipinski definition) is 0. The molecule has 1 aromatic carbocycles. The van der Waals surface area contributed by atoms with Crippen molar-refractivity contribution in [2.75, 3.05) is 19.7 Å². The molecule has 0 unspecified atom stereocenters. The standard InChI is InChI=1S/C21H30F3NO5S/c1-20(2,3)15-19(26)30-31(27,28)25-12-9-17(10-13-25)16-5-7-18(8-6-16)29-14-4-11-21(22,23)24/h5-8,17H,4,9-15H2,1-3H3. The van der Waals surface area contributed by atoms with E-state index in [2.05, 4.69) is 0 Å². The van der Waals surface area contributed by atoms with Gasteiger partial charge in [0.1, 0.15) is 5.75 Å². The van der Waals surface area contributed by atoms with E-state index < -0.39 is 28.9 Å². The maximum Gasteiger partial charge on any atom is 0.389 e. The lowest BCUT2D eigenvalue weighted by atomic mass is 9.90. The molecule has 1 aliphatic rings. The van der Waals surface area contributed by atoms with E-state index in [-0.39, 0.29) is 43.9 Å². The number of alkyl halides is 3. The van der Waals surface area contributed by atoms with Crippen LogP contribution in [0.1, 0.15) is 64.4 Å². The van der Waals surface area contributed by atoms with Crippen molar-refractivity contribution in [2.24, 2.45) is 5.41 Å². The van der Waals surface area contributed by atoms with E-state index in [1.807, 2.05) is 32.9 Å². The third-order valence-electron chi connectivity index (χ3n) is 4.87. The van der Waals surface area contributed by atoms with E-state index in [1.165, 1.54) is 4.31 Å². The summed E-state index contributed by atoms with van der Waals surface area (Å²) in [6.07, 6.45) is -4.01. The fourth-order valence-corrected chi connectivity index (χ4v) is 4.40. The lowest BCUT2D eigenvalue weighted by molar-refractivity contribution is -0.137. The number of rotatable bonds is 8. The van der Waals surface area contributed by atoms with Gasteiger partial charge in [0.05, 0.1) is 13.0 Å². The molecule has 0 radical (unpaired) electrons. The molecule has 10 heteroatoms. The Balaban J connectivity index is 1.82. The van der Waals surface area contributed by atoms with Crippen molar-refractivity contribution in [1.82, 2.24) is 4.31 Å². The minimum absolute atomic E-state index is 0.00726. The van der Waals surface area contributed by atoms with Crippen LogP contribution in [0.2, 0.25) is 0 Å². The highest BCUT2D eigenvalue weighted by molar-refractivity contribution is 7.84. The maximum absolute atomic E-state index is 12.4. The molecule has 1 saturated heterocycles. The second-order valence-corrected chi connectivity index (χ2v) is 10.5. The molecule has 0 atom stereocenters. The van der Waals surface area contributed by atoms with Gasteiger partial charge in [0, 0.05) is 19.5 Å². The average Bonchev–Trinajstić information content (AvgIpc) is 2.63. The van der Waals surface area contributed by atoms with Gasteiger partial charge in [0.15, 0.2) is 0 Å². The van der Waals surface area contributed by atoms with Crippen LogP contribution in [0.5, 0.6) is 5.75 Å². The van der Waals surface area contributed by atoms with Gasteiger partial charge in [0.25, 0.3) is 0 Å². The lowest BCUT2D eigenvalue weighted by Crippen LogP contribution is -2.40. The van der Waals surface area contributed by atoms with E-state index >= 15 is 0 Å². The summed E-state index contributed by atoms with van der Waals surface area (Å²) in [6, 6.07) is 7.11. The Morgan fingerprint density at radius 2 is 1.68 bits per heavy atom. The van der Waals surface area contributed by atoms with Gasteiger partial charge in [0.2, 0.25) is 0 Å². The Bertz CT molecular complexity index is 824. The number of halogens is 3. The van der Waals surface area contributed by atoms with Gasteiger partial charge in [-0.05, 0) is 48.3 Å². The van der Waals surface area contributed by atoms with Crippen molar-refractivity contribution in [3.8, 4) is 5.75 Å². The van der Waals surface area contributed by atoms with Gasteiger partial charge in [-0.2, -0.15) is 25.9 Å². The van der Waals surface area contributed by atoms with E-state index in [0.717, 1.165) is 5.56 Å². The quantitative estimate of drug-likeness (QED) is 0.515. The van der Waals surface area contributed by atoms with Crippen molar-refractivity contribution < 1.29 is 35.3 Å². The first-order valence-electron chi connectivity index (χ1n) is 10.3. The minimum atomic E-state index is -4.18. The molecule has 0 aliphatic carbocycles. The second-order valence-electron chi connectivity index (χ2n) is 8.96. The van der Waals surface area contributed by atoms with Crippen molar-refractivity contribution in [1.29, 1.82) is 0 Å². The molecule has 1 aliphatic heterocycles. The molecule has 31 heavy (non-hydrogen) atoms. The van der Waals surface area contributed by atoms with Gasteiger partial charge in [-0.1, -0.05) is 32.9 Å². The summed E-state index contributed by atoms with van der Waals surface area (Å²) in [5.41, 5.74) is 0.637. The summed E-state index contributed by atoms with van der Waals surface area (Å²) < 4.78 is 72.4. The molecular weight excluding hydrogens is 435 g/mol. The van der Waals surface area contributed by atoms with Crippen molar-refractivity contribution in [3.05, 3.63) is 29.8 Å². The van der Waals surface area contributed by atoms with E-state index in [9.17, 15) is 26.4 Å². The van der Waals surface area contributed by atoms with Gasteiger partial charge >= 0.3 is 22.4 Å². The Kier molecular flexibility index (Phi) is 8.38. The zero-order chi connectivity index (χ0) is 23.3. The second kappa shape index (κ2) is 10.2. The van der Waals surface area contributed by atoms with Gasteiger partial charge in [-0.25, -0.2) is 0 Å². The third kappa shape index (κ3) is 9.06. The normalized spacial score (nSPS) is 16.8. The van der Waals surface area contributed by atoms with Crippen LogP contribution >= 0.6 is 0 Å². The summed E-state index contributed by atoms with van der Waals surface area (Å²) in [5, 5.41) is 0. The monoisotopic (exact) mass is 465 g/mol. The largest absolute Gasteiger partial charge is 0.494 e. The topological polar surface area (TPSA) is 72.9 Å². The summed E-state index contributed by atoms with van der Waals surface area (Å²) in [6.45, 7) is 5.95. The number of ether oxygens (including phenoxy) is 1. The molecule has 0 aromatic heterocycles. The SMILES string of the molecule is CC(C)(C)CC(=O)OS(=O)(=O)N1CCC(c2ccc(OCCCC(F)(F)F)cc2)CC1. The molecule has 1 fully saturated rings. The number of carbonyl (C=O) groups is 1. The van der Waals surface area contributed by atoms with Crippen LogP contribution in [0.3, 0.4) is 0 Å². The Hall–Kier alpha value is -1.81. The number of hydrogen-bond acceptors (Lipinski definition) is 5. The highest BCUT2D eigenvalue weighted by atomic mass is 32.2. The third-order valence-corrected chi connectivity index (χ3v) is 6.26. The minimum Gasteiger partial charge on any atom is -0.494 e. The fourth-order valence-electron chi connectivity index (χ4n) is 3.34. The Morgan fingerprint density at radius 1 is 1.10 bits per heavy atom. The van der Waals surface area contributed by atoms with Gasteiger partial charge in [-0.15, -0.1) is 0 Å². The highest BCUT2D eigenvalue weighted by Gasteiger charge is 2.32. The molecule has 0 spiro atoms. The predicted molar refractivity (Wildman–Crippen MR) is 110 cm³/mol. The molecule has 1 heterocycles. The van der Waals surface area contributed by atoms with Crippen LogP contribution in [-0.2, 0) is 19.3 Å². The molecule has 176 valence electrons. The summed E-state index contributed by atoms with van der Waals surface area (Å²) in [7, 11) is -4.11.